The minimum atomic E-state index is -1.66. The predicted octanol–water partition coefficient (Wildman–Crippen LogP) is 5.19. The number of hydrogen-bond donors (Lipinski definition) is 3. The largest absolute Gasteiger partial charge is 0.494 e. The van der Waals surface area contributed by atoms with Crippen molar-refractivity contribution < 1.29 is 38.4 Å². The molecule has 258 valence electrons. The van der Waals surface area contributed by atoms with Crippen molar-refractivity contribution in [1.29, 1.82) is 0 Å². The first-order chi connectivity index (χ1) is 23.6. The van der Waals surface area contributed by atoms with Gasteiger partial charge in [0, 0.05) is 36.5 Å². The molecular weight excluding hydrogens is 632 g/mol. The summed E-state index contributed by atoms with van der Waals surface area (Å²) in [6.07, 6.45) is -0.722. The summed E-state index contributed by atoms with van der Waals surface area (Å²) in [5, 5.41) is 12.8. The van der Waals surface area contributed by atoms with Crippen LogP contribution in [0.15, 0.2) is 76.8 Å². The Morgan fingerprint density at radius 1 is 1.10 bits per heavy atom. The fourth-order valence-electron chi connectivity index (χ4n) is 5.46. The molecule has 2 atom stereocenters. The van der Waals surface area contributed by atoms with E-state index >= 15 is 0 Å². The van der Waals surface area contributed by atoms with Crippen LogP contribution in [0.1, 0.15) is 68.4 Å². The second-order valence-corrected chi connectivity index (χ2v) is 12.5. The van der Waals surface area contributed by atoms with Gasteiger partial charge in [-0.15, -0.1) is 0 Å². The molecule has 0 aliphatic carbocycles. The van der Waals surface area contributed by atoms with Crippen LogP contribution >= 0.6 is 0 Å². The smallest absolute Gasteiger partial charge is 0.306 e. The van der Waals surface area contributed by atoms with Gasteiger partial charge in [-0.05, 0) is 85.8 Å². The van der Waals surface area contributed by atoms with E-state index in [0.29, 0.717) is 47.0 Å². The Bertz CT molecular complexity index is 1720. The first-order valence-electron chi connectivity index (χ1n) is 15.9. The summed E-state index contributed by atoms with van der Waals surface area (Å²) in [7, 11) is 0. The molecule has 0 radical (unpaired) electrons. The molecule has 14 heteroatoms. The average molecular weight is 673 g/mol. The lowest BCUT2D eigenvalue weighted by Crippen LogP contribution is -2.53. The van der Waals surface area contributed by atoms with E-state index in [1.165, 1.54) is 0 Å². The van der Waals surface area contributed by atoms with Crippen molar-refractivity contribution in [3.05, 3.63) is 99.4 Å². The van der Waals surface area contributed by atoms with E-state index < -0.39 is 29.1 Å². The number of fused-ring (bicyclic) bond motifs is 1. The third-order valence-corrected chi connectivity index (χ3v) is 7.73. The highest BCUT2D eigenvalue weighted by Crippen LogP contribution is 2.44. The lowest BCUT2D eigenvalue weighted by atomic mass is 9.82. The van der Waals surface area contributed by atoms with Gasteiger partial charge in [-0.1, -0.05) is 35.4 Å². The predicted molar refractivity (Wildman–Crippen MR) is 179 cm³/mol. The number of ether oxygens (including phenoxy) is 5. The number of nitrogens with zero attached hydrogens (tertiary/aromatic N) is 4. The van der Waals surface area contributed by atoms with Gasteiger partial charge in [0.1, 0.15) is 11.4 Å². The number of hydrogen-bond acceptors (Lipinski definition) is 11. The van der Waals surface area contributed by atoms with Gasteiger partial charge in [0.15, 0.2) is 23.1 Å². The van der Waals surface area contributed by atoms with Crippen LogP contribution in [0.3, 0.4) is 0 Å². The van der Waals surface area contributed by atoms with Gasteiger partial charge in [-0.25, -0.2) is 10.4 Å². The summed E-state index contributed by atoms with van der Waals surface area (Å²) in [5.74, 6) is 0.987. The van der Waals surface area contributed by atoms with Gasteiger partial charge in [0.05, 0.1) is 13.2 Å². The van der Waals surface area contributed by atoms with E-state index in [2.05, 4.69) is 20.9 Å². The molecule has 14 nitrogen and oxygen atoms in total. The van der Waals surface area contributed by atoms with E-state index in [1.807, 2.05) is 12.1 Å². The molecule has 3 aromatic carbocycles. The lowest BCUT2D eigenvalue weighted by molar-refractivity contribution is -0.155. The van der Waals surface area contributed by atoms with Crippen molar-refractivity contribution >= 4 is 17.8 Å². The third-order valence-electron chi connectivity index (χ3n) is 7.73. The van der Waals surface area contributed by atoms with Crippen LogP contribution in [0.2, 0.25) is 0 Å². The molecular formula is C35H40N6O8. The molecule has 3 aromatic rings. The minimum absolute atomic E-state index is 0.00781. The highest BCUT2D eigenvalue weighted by Gasteiger charge is 2.54. The number of aliphatic hydroxyl groups is 1. The SMILES string of the molecule is CC(C)(C)OC(=O)CC[C@]1(C(=O)NNCc2ccc3c(c2)OCO3)N=C(c2ccc(OCCCO)cc2)O[C@H]1c1ccccc1CN=[N+]=[N-]. The molecule has 2 aliphatic rings. The van der Waals surface area contributed by atoms with Crippen LogP contribution in [0, 0.1) is 0 Å². The molecule has 0 bridgehead atoms. The summed E-state index contributed by atoms with van der Waals surface area (Å²) in [4.78, 5) is 35.4. The third kappa shape index (κ3) is 8.79. The minimum Gasteiger partial charge on any atom is -0.494 e. The lowest BCUT2D eigenvalue weighted by Gasteiger charge is -2.31. The van der Waals surface area contributed by atoms with Crippen LogP contribution in [-0.2, 0) is 32.2 Å². The quantitative estimate of drug-likeness (QED) is 0.0488. The van der Waals surface area contributed by atoms with Gasteiger partial charge >= 0.3 is 5.97 Å². The number of carbonyl (C=O) groups is 2. The molecule has 0 saturated carbocycles. The van der Waals surface area contributed by atoms with Crippen molar-refractivity contribution in [1.82, 2.24) is 10.9 Å². The molecule has 0 unspecified atom stereocenters. The van der Waals surface area contributed by atoms with E-state index in [4.69, 9.17) is 39.3 Å². The fraction of sp³-hybridized carbons (Fsp3) is 0.400. The van der Waals surface area contributed by atoms with Crippen LogP contribution in [0.25, 0.3) is 10.4 Å². The number of amides is 1. The standard InChI is InChI=1S/C35H40N6O8/c1-34(2,3)49-30(43)15-16-35(33(44)40-37-20-23-9-14-28-29(19-23)47-22-46-28)31(27-8-5-4-7-25(27)21-38-41-36)48-32(39-35)24-10-12-26(13-11-24)45-18-6-17-42/h4-5,7-14,19,31,37,42H,6,15-18,20-22H2,1-3H3,(H,40,44)/t31-,35-/m0/s1. The van der Waals surface area contributed by atoms with Gasteiger partial charge in [0.25, 0.3) is 5.91 Å². The van der Waals surface area contributed by atoms with Crippen molar-refractivity contribution in [2.24, 2.45) is 10.1 Å². The Balaban J connectivity index is 1.50. The monoisotopic (exact) mass is 672 g/mol. The van der Waals surface area contributed by atoms with Crippen molar-refractivity contribution in [2.45, 2.75) is 70.4 Å². The zero-order valence-corrected chi connectivity index (χ0v) is 27.7. The number of rotatable bonds is 15. The van der Waals surface area contributed by atoms with Crippen LogP contribution in [-0.4, -0.2) is 54.0 Å². The molecule has 2 aliphatic heterocycles. The molecule has 0 aromatic heterocycles. The van der Waals surface area contributed by atoms with Crippen LogP contribution in [0.4, 0.5) is 0 Å². The van der Waals surface area contributed by atoms with Crippen LogP contribution in [0.5, 0.6) is 17.2 Å². The molecule has 3 N–H and O–H groups in total. The molecule has 49 heavy (non-hydrogen) atoms. The van der Waals surface area contributed by atoms with E-state index in [1.54, 1.807) is 75.4 Å². The second kappa shape index (κ2) is 15.7. The number of azide groups is 1. The Morgan fingerprint density at radius 3 is 2.63 bits per heavy atom. The number of aliphatic imine (C=N–C) groups is 1. The molecule has 2 heterocycles. The number of aliphatic hydroxyl groups excluding tert-OH is 1. The maximum atomic E-state index is 14.4. The highest BCUT2D eigenvalue weighted by molar-refractivity contribution is 6.01. The van der Waals surface area contributed by atoms with Crippen molar-refractivity contribution in [2.75, 3.05) is 20.0 Å². The van der Waals surface area contributed by atoms with E-state index in [9.17, 15) is 9.59 Å². The van der Waals surface area contributed by atoms with Crippen molar-refractivity contribution in [3.63, 3.8) is 0 Å². The first-order valence-corrected chi connectivity index (χ1v) is 15.9. The first kappa shape index (κ1) is 35.0. The maximum Gasteiger partial charge on any atom is 0.306 e. The maximum absolute atomic E-state index is 14.4. The van der Waals surface area contributed by atoms with Gasteiger partial charge in [-0.2, -0.15) is 0 Å². The Hall–Kier alpha value is -5.30. The Labute approximate surface area is 284 Å². The zero-order valence-electron chi connectivity index (χ0n) is 27.7. The van der Waals surface area contributed by atoms with Gasteiger partial charge in [-0.3, -0.25) is 15.0 Å². The second-order valence-electron chi connectivity index (χ2n) is 12.5. The molecule has 5 rings (SSSR count). The summed E-state index contributed by atoms with van der Waals surface area (Å²) >= 11 is 0. The summed E-state index contributed by atoms with van der Waals surface area (Å²) in [5.41, 5.74) is 15.1. The van der Waals surface area contributed by atoms with E-state index in [-0.39, 0.29) is 45.2 Å². The number of hydrazine groups is 1. The number of carbonyl (C=O) groups excluding carboxylic acids is 2. The van der Waals surface area contributed by atoms with Gasteiger partial charge in [0.2, 0.25) is 12.7 Å². The summed E-state index contributed by atoms with van der Waals surface area (Å²) < 4.78 is 28.7. The normalized spacial score (nSPS) is 17.8. The van der Waals surface area contributed by atoms with Gasteiger partial charge < -0.3 is 28.8 Å². The average Bonchev–Trinajstić information content (AvgIpc) is 3.72. The van der Waals surface area contributed by atoms with E-state index in [0.717, 1.165) is 5.56 Å². The molecule has 0 saturated heterocycles. The fourth-order valence-corrected chi connectivity index (χ4v) is 5.46. The number of benzene rings is 3. The van der Waals surface area contributed by atoms with Crippen molar-refractivity contribution in [3.8, 4) is 17.2 Å². The number of esters is 1. The molecule has 0 fully saturated rings. The van der Waals surface area contributed by atoms with Crippen LogP contribution < -0.4 is 25.1 Å². The summed E-state index contributed by atoms with van der Waals surface area (Å²) in [6, 6.07) is 19.7. The zero-order chi connectivity index (χ0) is 34.9. The topological polar surface area (TPSA) is 186 Å². The number of nitrogens with one attached hydrogen (secondary N) is 2. The highest BCUT2D eigenvalue weighted by atomic mass is 16.7. The Morgan fingerprint density at radius 2 is 1.88 bits per heavy atom. The molecule has 1 amide bonds. The summed E-state index contributed by atoms with van der Waals surface area (Å²) in [6.45, 7) is 6.09. The molecule has 0 spiro atoms. The Kier molecular flexibility index (Phi) is 11.2.